The number of hydrogen-bond acceptors (Lipinski definition) is 2. The molecule has 0 aromatic heterocycles. The number of nitrogens with one attached hydrogen (secondary N) is 2. The summed E-state index contributed by atoms with van der Waals surface area (Å²) in [6, 6.07) is 10.9. The molecule has 21 heavy (non-hydrogen) atoms. The molecule has 0 aliphatic carbocycles. The van der Waals surface area contributed by atoms with Gasteiger partial charge in [0.1, 0.15) is 0 Å². The van der Waals surface area contributed by atoms with Gasteiger partial charge < -0.3 is 10.6 Å². The molecule has 1 fully saturated rings. The fourth-order valence-corrected chi connectivity index (χ4v) is 3.28. The highest BCUT2D eigenvalue weighted by Gasteiger charge is 2.24. The number of amides is 1. The summed E-state index contributed by atoms with van der Waals surface area (Å²) in [5.41, 5.74) is 1.22. The van der Waals surface area contributed by atoms with E-state index in [9.17, 15) is 4.79 Å². The van der Waals surface area contributed by atoms with Gasteiger partial charge in [0.05, 0.1) is 6.04 Å². The second-order valence-corrected chi connectivity index (χ2v) is 6.03. The zero-order valence-electron chi connectivity index (χ0n) is 13.3. The van der Waals surface area contributed by atoms with Crippen molar-refractivity contribution in [3.8, 4) is 0 Å². The highest BCUT2D eigenvalue weighted by molar-refractivity contribution is 5.77. The van der Waals surface area contributed by atoms with E-state index in [2.05, 4.69) is 48.7 Å². The quantitative estimate of drug-likeness (QED) is 0.807. The molecular formula is C18H28N2O. The first-order valence-corrected chi connectivity index (χ1v) is 8.32. The topological polar surface area (TPSA) is 41.1 Å². The Morgan fingerprint density at radius 3 is 2.57 bits per heavy atom. The van der Waals surface area contributed by atoms with Crippen molar-refractivity contribution in [2.45, 2.75) is 58.0 Å². The van der Waals surface area contributed by atoms with Gasteiger partial charge in [0, 0.05) is 12.5 Å². The third-order valence-corrected chi connectivity index (χ3v) is 4.59. The molecule has 1 aromatic rings. The van der Waals surface area contributed by atoms with Crippen molar-refractivity contribution < 1.29 is 4.79 Å². The lowest BCUT2D eigenvalue weighted by Gasteiger charge is -2.27. The molecule has 0 spiro atoms. The van der Waals surface area contributed by atoms with Crippen molar-refractivity contribution in [3.05, 3.63) is 35.9 Å². The second kappa shape index (κ2) is 8.18. The summed E-state index contributed by atoms with van der Waals surface area (Å²) in [4.78, 5) is 12.4. The Bertz CT molecular complexity index is 422. The van der Waals surface area contributed by atoms with E-state index in [0.29, 0.717) is 18.4 Å². The summed E-state index contributed by atoms with van der Waals surface area (Å²) in [6.45, 7) is 5.45. The fraction of sp³-hybridized carbons (Fsp3) is 0.611. The Hall–Kier alpha value is -1.35. The standard InChI is InChI=1S/C18H28N2O/c1-3-14(4-2)18(15-9-6-5-7-10-15)20-17(21)13-16-11-8-12-19-16/h5-7,9-10,14,16,18-19H,3-4,8,11-13H2,1-2H3,(H,20,21). The van der Waals surface area contributed by atoms with Crippen LogP contribution in [0.15, 0.2) is 30.3 Å². The Balaban J connectivity index is 2.03. The number of carbonyl (C=O) groups excluding carboxylic acids is 1. The molecule has 1 heterocycles. The predicted octanol–water partition coefficient (Wildman–Crippen LogP) is 3.42. The fourth-order valence-electron chi connectivity index (χ4n) is 3.28. The normalized spacial score (nSPS) is 19.7. The third kappa shape index (κ3) is 4.57. The second-order valence-electron chi connectivity index (χ2n) is 6.03. The van der Waals surface area contributed by atoms with Crippen LogP contribution in [0.1, 0.15) is 57.6 Å². The van der Waals surface area contributed by atoms with E-state index >= 15 is 0 Å². The molecule has 116 valence electrons. The minimum absolute atomic E-state index is 0.134. The lowest BCUT2D eigenvalue weighted by atomic mass is 9.88. The van der Waals surface area contributed by atoms with Crippen molar-refractivity contribution in [2.75, 3.05) is 6.54 Å². The molecule has 1 amide bonds. The Morgan fingerprint density at radius 1 is 1.29 bits per heavy atom. The molecule has 1 aromatic carbocycles. The summed E-state index contributed by atoms with van der Waals surface area (Å²) in [7, 11) is 0. The Kier molecular flexibility index (Phi) is 6.24. The van der Waals surface area contributed by atoms with Crippen LogP contribution < -0.4 is 10.6 Å². The smallest absolute Gasteiger partial charge is 0.222 e. The molecule has 2 rings (SSSR count). The summed E-state index contributed by atoms with van der Waals surface area (Å²) < 4.78 is 0. The molecule has 0 radical (unpaired) electrons. The predicted molar refractivity (Wildman–Crippen MR) is 87.0 cm³/mol. The Morgan fingerprint density at radius 2 is 2.00 bits per heavy atom. The van der Waals surface area contributed by atoms with Crippen LogP contribution in [0.25, 0.3) is 0 Å². The van der Waals surface area contributed by atoms with Gasteiger partial charge in [-0.1, -0.05) is 57.0 Å². The van der Waals surface area contributed by atoms with Crippen molar-refractivity contribution in [2.24, 2.45) is 5.92 Å². The maximum absolute atomic E-state index is 12.4. The maximum Gasteiger partial charge on any atom is 0.222 e. The van der Waals surface area contributed by atoms with Crippen molar-refractivity contribution in [3.63, 3.8) is 0 Å². The van der Waals surface area contributed by atoms with Crippen molar-refractivity contribution >= 4 is 5.91 Å². The van der Waals surface area contributed by atoms with E-state index in [4.69, 9.17) is 0 Å². The molecule has 0 saturated carbocycles. The average molecular weight is 288 g/mol. The van der Waals surface area contributed by atoms with Gasteiger partial charge in [-0.3, -0.25) is 4.79 Å². The van der Waals surface area contributed by atoms with Crippen LogP contribution in [0, 0.1) is 5.92 Å². The van der Waals surface area contributed by atoms with E-state index in [-0.39, 0.29) is 11.9 Å². The van der Waals surface area contributed by atoms with E-state index in [1.54, 1.807) is 0 Å². The first-order valence-electron chi connectivity index (χ1n) is 8.32. The number of rotatable bonds is 7. The van der Waals surface area contributed by atoms with Crippen LogP contribution in [0.2, 0.25) is 0 Å². The zero-order chi connectivity index (χ0) is 15.1. The van der Waals surface area contributed by atoms with Crippen LogP contribution in [-0.4, -0.2) is 18.5 Å². The molecular weight excluding hydrogens is 260 g/mol. The minimum Gasteiger partial charge on any atom is -0.349 e. The highest BCUT2D eigenvalue weighted by atomic mass is 16.1. The number of hydrogen-bond donors (Lipinski definition) is 2. The number of carbonyl (C=O) groups is 1. The molecule has 2 unspecified atom stereocenters. The third-order valence-electron chi connectivity index (χ3n) is 4.59. The molecule has 1 aliphatic heterocycles. The molecule has 2 N–H and O–H groups in total. The summed E-state index contributed by atoms with van der Waals surface area (Å²) >= 11 is 0. The lowest BCUT2D eigenvalue weighted by molar-refractivity contribution is -0.122. The minimum atomic E-state index is 0.134. The lowest BCUT2D eigenvalue weighted by Crippen LogP contribution is -2.37. The van der Waals surface area contributed by atoms with Gasteiger partial charge in [-0.05, 0) is 30.9 Å². The molecule has 3 heteroatoms. The first kappa shape index (κ1) is 16.0. The van der Waals surface area contributed by atoms with Gasteiger partial charge in [0.2, 0.25) is 5.91 Å². The van der Waals surface area contributed by atoms with Crippen LogP contribution in [0.3, 0.4) is 0 Å². The van der Waals surface area contributed by atoms with Gasteiger partial charge >= 0.3 is 0 Å². The van der Waals surface area contributed by atoms with E-state index in [1.807, 2.05) is 6.07 Å². The SMILES string of the molecule is CCC(CC)C(NC(=O)CC1CCCN1)c1ccccc1. The van der Waals surface area contributed by atoms with Crippen LogP contribution >= 0.6 is 0 Å². The van der Waals surface area contributed by atoms with Crippen LogP contribution in [-0.2, 0) is 4.79 Å². The molecule has 3 nitrogen and oxygen atoms in total. The van der Waals surface area contributed by atoms with Crippen molar-refractivity contribution in [1.82, 2.24) is 10.6 Å². The summed E-state index contributed by atoms with van der Waals surface area (Å²) in [5.74, 6) is 0.669. The number of benzene rings is 1. The van der Waals surface area contributed by atoms with Gasteiger partial charge in [0.25, 0.3) is 0 Å². The van der Waals surface area contributed by atoms with Crippen LogP contribution in [0.5, 0.6) is 0 Å². The van der Waals surface area contributed by atoms with E-state index < -0.39 is 0 Å². The first-order chi connectivity index (χ1) is 10.2. The maximum atomic E-state index is 12.4. The summed E-state index contributed by atoms with van der Waals surface area (Å²) in [5, 5.41) is 6.68. The van der Waals surface area contributed by atoms with Crippen LogP contribution in [0.4, 0.5) is 0 Å². The monoisotopic (exact) mass is 288 g/mol. The van der Waals surface area contributed by atoms with Gasteiger partial charge in [-0.2, -0.15) is 0 Å². The molecule has 2 atom stereocenters. The molecule has 0 bridgehead atoms. The average Bonchev–Trinajstić information content (AvgIpc) is 3.01. The van der Waals surface area contributed by atoms with Gasteiger partial charge in [0.15, 0.2) is 0 Å². The highest BCUT2D eigenvalue weighted by Crippen LogP contribution is 2.27. The molecule has 1 saturated heterocycles. The van der Waals surface area contributed by atoms with E-state index in [1.165, 1.54) is 12.0 Å². The van der Waals surface area contributed by atoms with Crippen molar-refractivity contribution in [1.29, 1.82) is 0 Å². The largest absolute Gasteiger partial charge is 0.349 e. The van der Waals surface area contributed by atoms with Gasteiger partial charge in [-0.15, -0.1) is 0 Å². The van der Waals surface area contributed by atoms with Gasteiger partial charge in [-0.25, -0.2) is 0 Å². The Labute approximate surface area is 128 Å². The molecule has 1 aliphatic rings. The summed E-state index contributed by atoms with van der Waals surface area (Å²) in [6.07, 6.45) is 5.07. The van der Waals surface area contributed by atoms with E-state index in [0.717, 1.165) is 25.8 Å². The zero-order valence-corrected chi connectivity index (χ0v) is 13.3.